The van der Waals surface area contributed by atoms with Crippen LogP contribution in [0.5, 0.6) is 11.5 Å². The fraction of sp³-hybridized carbons (Fsp3) is 0.306. The number of carboxylic acids is 1. The van der Waals surface area contributed by atoms with Crippen LogP contribution < -0.4 is 15.6 Å². The molecular formula is C36H30F7N3O5. The quantitative estimate of drug-likeness (QED) is 0.210. The Labute approximate surface area is 286 Å². The van der Waals surface area contributed by atoms with Crippen molar-refractivity contribution in [3.63, 3.8) is 0 Å². The van der Waals surface area contributed by atoms with Crippen LogP contribution in [0, 0.1) is 25.5 Å². The minimum Gasteiger partial charge on any atom is -0.481 e. The van der Waals surface area contributed by atoms with Gasteiger partial charge in [0.05, 0.1) is 31.1 Å². The summed E-state index contributed by atoms with van der Waals surface area (Å²) < 4.78 is 108. The number of benzene rings is 3. The van der Waals surface area contributed by atoms with Gasteiger partial charge in [-0.05, 0) is 78.9 Å². The van der Waals surface area contributed by atoms with Crippen LogP contribution >= 0.6 is 0 Å². The van der Waals surface area contributed by atoms with Crippen LogP contribution in [0.25, 0.3) is 11.1 Å². The second-order valence-corrected chi connectivity index (χ2v) is 12.8. The predicted octanol–water partition coefficient (Wildman–Crippen LogP) is 6.95. The molecule has 51 heavy (non-hydrogen) atoms. The third-order valence-electron chi connectivity index (χ3n) is 8.97. The van der Waals surface area contributed by atoms with Crippen molar-refractivity contribution in [2.75, 3.05) is 19.6 Å². The van der Waals surface area contributed by atoms with Gasteiger partial charge in [0.1, 0.15) is 29.2 Å². The van der Waals surface area contributed by atoms with Gasteiger partial charge in [0.15, 0.2) is 0 Å². The second-order valence-electron chi connectivity index (χ2n) is 12.8. The molecule has 8 nitrogen and oxygen atoms in total. The zero-order valence-electron chi connectivity index (χ0n) is 27.1. The lowest BCUT2D eigenvalue weighted by Gasteiger charge is -2.38. The Morgan fingerprint density at radius 1 is 1.00 bits per heavy atom. The molecule has 15 heteroatoms. The number of carbonyl (C=O) groups is 2. The van der Waals surface area contributed by atoms with E-state index in [2.05, 4.69) is 5.32 Å². The van der Waals surface area contributed by atoms with E-state index in [4.69, 9.17) is 4.74 Å². The number of aryl methyl sites for hydroxylation is 2. The number of nitrogens with one attached hydrogen (secondary N) is 1. The molecule has 0 radical (unpaired) electrons. The number of hydrogen-bond acceptors (Lipinski definition) is 5. The van der Waals surface area contributed by atoms with Gasteiger partial charge in [0, 0.05) is 35.5 Å². The Kier molecular flexibility index (Phi) is 9.21. The number of nitrogens with zero attached hydrogens (tertiary/aromatic N) is 2. The maximum absolute atomic E-state index is 15.9. The van der Waals surface area contributed by atoms with Crippen molar-refractivity contribution in [2.45, 2.75) is 50.9 Å². The van der Waals surface area contributed by atoms with Crippen molar-refractivity contribution < 1.29 is 50.2 Å². The van der Waals surface area contributed by atoms with Crippen molar-refractivity contribution in [3.05, 3.63) is 116 Å². The average Bonchev–Trinajstić information content (AvgIpc) is 3.02. The summed E-state index contributed by atoms with van der Waals surface area (Å²) in [6.45, 7) is 1.58. The molecule has 4 bridgehead atoms. The number of fused-ring (bicyclic) bond motifs is 6. The number of ether oxygens (including phenoxy) is 1. The summed E-state index contributed by atoms with van der Waals surface area (Å²) in [6, 6.07) is 7.66. The van der Waals surface area contributed by atoms with Crippen molar-refractivity contribution in [1.29, 1.82) is 0 Å². The lowest BCUT2D eigenvalue weighted by molar-refractivity contribution is -0.139. The molecule has 2 N–H and O–H groups in total. The Morgan fingerprint density at radius 3 is 2.39 bits per heavy atom. The Balaban J connectivity index is 1.57. The number of pyridine rings is 1. The normalized spacial score (nSPS) is 18.6. The summed E-state index contributed by atoms with van der Waals surface area (Å²) >= 11 is 0. The largest absolute Gasteiger partial charge is 0.481 e. The van der Waals surface area contributed by atoms with E-state index in [1.54, 1.807) is 25.1 Å². The highest BCUT2D eigenvalue weighted by Gasteiger charge is 2.44. The van der Waals surface area contributed by atoms with E-state index in [-0.39, 0.29) is 35.2 Å². The van der Waals surface area contributed by atoms with E-state index in [0.29, 0.717) is 27.5 Å². The Bertz CT molecular complexity index is 2110. The van der Waals surface area contributed by atoms with Crippen molar-refractivity contribution in [2.24, 2.45) is 0 Å². The van der Waals surface area contributed by atoms with E-state index >= 15 is 8.78 Å². The van der Waals surface area contributed by atoms with Crippen molar-refractivity contribution in [1.82, 2.24) is 14.8 Å². The molecule has 268 valence electrons. The van der Waals surface area contributed by atoms with E-state index in [1.165, 1.54) is 30.0 Å². The SMILES string of the molecule is Cc1cc2cc(c1F)[C@@H](CC(=O)O)NC(=O)[C@@H](n1cc(CCN3CC(F)(F)C3)c(C(F)(F)F)cc1=O)c1cc(ccc1F)Oc1cccc(C)c1-2. The predicted molar refractivity (Wildman–Crippen MR) is 170 cm³/mol. The molecule has 0 spiro atoms. The van der Waals surface area contributed by atoms with Gasteiger partial charge in [-0.3, -0.25) is 23.9 Å². The first-order valence-electron chi connectivity index (χ1n) is 15.7. The third kappa shape index (κ3) is 7.20. The van der Waals surface area contributed by atoms with Gasteiger partial charge in [0.2, 0.25) is 5.91 Å². The number of aliphatic carboxylic acids is 1. The van der Waals surface area contributed by atoms with Gasteiger partial charge in [-0.15, -0.1) is 0 Å². The molecule has 0 saturated carbocycles. The summed E-state index contributed by atoms with van der Waals surface area (Å²) in [5.41, 5.74) is -2.44. The summed E-state index contributed by atoms with van der Waals surface area (Å²) in [5, 5.41) is 12.2. The number of likely N-dealkylation sites (tertiary alicyclic amines) is 1. The van der Waals surface area contributed by atoms with Crippen LogP contribution in [-0.2, 0) is 22.2 Å². The zero-order chi connectivity index (χ0) is 37.0. The second kappa shape index (κ2) is 13.2. The van der Waals surface area contributed by atoms with Crippen LogP contribution in [0.4, 0.5) is 30.7 Å². The maximum Gasteiger partial charge on any atom is 0.416 e. The molecule has 1 saturated heterocycles. The van der Waals surface area contributed by atoms with Gasteiger partial charge in [0.25, 0.3) is 11.5 Å². The number of amides is 1. The fourth-order valence-corrected chi connectivity index (χ4v) is 6.60. The highest BCUT2D eigenvalue weighted by atomic mass is 19.4. The first-order chi connectivity index (χ1) is 23.9. The van der Waals surface area contributed by atoms with Crippen LogP contribution in [0.3, 0.4) is 0 Å². The number of alkyl halides is 5. The fourth-order valence-electron chi connectivity index (χ4n) is 6.60. The number of carboxylic acid groups (broad SMARTS) is 1. The number of aromatic nitrogens is 1. The maximum atomic E-state index is 15.9. The smallest absolute Gasteiger partial charge is 0.416 e. The molecular weight excluding hydrogens is 687 g/mol. The van der Waals surface area contributed by atoms with Crippen molar-refractivity contribution >= 4 is 11.9 Å². The third-order valence-corrected chi connectivity index (χ3v) is 8.97. The van der Waals surface area contributed by atoms with Crippen LogP contribution in [0.2, 0.25) is 0 Å². The monoisotopic (exact) mass is 717 g/mol. The Morgan fingerprint density at radius 2 is 1.73 bits per heavy atom. The summed E-state index contributed by atoms with van der Waals surface area (Å²) in [4.78, 5) is 41.0. The molecule has 4 aromatic rings. The molecule has 3 heterocycles. The minimum absolute atomic E-state index is 0.0321. The van der Waals surface area contributed by atoms with Gasteiger partial charge in [-0.2, -0.15) is 13.2 Å². The van der Waals surface area contributed by atoms with Gasteiger partial charge in [-0.25, -0.2) is 17.6 Å². The molecule has 3 aromatic carbocycles. The topological polar surface area (TPSA) is 101 Å². The zero-order valence-corrected chi connectivity index (χ0v) is 27.1. The first-order valence-corrected chi connectivity index (χ1v) is 15.7. The number of rotatable bonds is 6. The molecule has 2 aliphatic heterocycles. The highest BCUT2D eigenvalue weighted by Crippen LogP contribution is 2.41. The number of carbonyl (C=O) groups excluding carboxylic acids is 1. The minimum atomic E-state index is -5.06. The molecule has 1 amide bonds. The van der Waals surface area contributed by atoms with Crippen molar-refractivity contribution in [3.8, 4) is 22.6 Å². The average molecular weight is 718 g/mol. The first kappa shape index (κ1) is 35.6. The van der Waals surface area contributed by atoms with Crippen LogP contribution in [0.15, 0.2) is 65.6 Å². The molecule has 2 atom stereocenters. The lowest BCUT2D eigenvalue weighted by Crippen LogP contribution is -2.56. The number of halogens is 7. The molecule has 6 rings (SSSR count). The summed E-state index contributed by atoms with van der Waals surface area (Å²) in [7, 11) is 0. The Hall–Kier alpha value is -5.18. The van der Waals surface area contributed by atoms with Crippen LogP contribution in [-0.4, -0.2) is 52.0 Å². The molecule has 1 fully saturated rings. The van der Waals surface area contributed by atoms with Crippen LogP contribution in [0.1, 0.15) is 51.9 Å². The highest BCUT2D eigenvalue weighted by molar-refractivity contribution is 5.85. The van der Waals surface area contributed by atoms with E-state index < -0.39 is 95.9 Å². The van der Waals surface area contributed by atoms with E-state index in [1.807, 2.05) is 0 Å². The standard InChI is InChI=1S/C36H30F7N3O5/c1-18-4-3-5-28-31(18)21-10-19(2)32(38)24(11-21)27(14-30(48)49)44-34(50)33(23-12-22(51-28)6-7-26(23)37)46-15-20(8-9-45-16-35(39,40)17-45)25(13-29(46)47)36(41,42)43/h3-7,10-13,15,27,33H,8-9,14,16-17H2,1-2H3,(H,44,50)(H,48,49)/t27-,33+/m1/s1. The summed E-state index contributed by atoms with van der Waals surface area (Å²) in [5.74, 6) is -7.44. The summed E-state index contributed by atoms with van der Waals surface area (Å²) in [6.07, 6.45) is -5.68. The molecule has 0 aliphatic carbocycles. The molecule has 2 aliphatic rings. The molecule has 1 aromatic heterocycles. The van der Waals surface area contributed by atoms with Gasteiger partial charge < -0.3 is 15.2 Å². The van der Waals surface area contributed by atoms with E-state index in [0.717, 1.165) is 12.1 Å². The molecule has 0 unspecified atom stereocenters. The van der Waals surface area contributed by atoms with Gasteiger partial charge >= 0.3 is 12.1 Å². The number of hydrogen-bond donors (Lipinski definition) is 2. The van der Waals surface area contributed by atoms with E-state index in [9.17, 15) is 41.4 Å². The lowest BCUT2D eigenvalue weighted by atomic mass is 9.92. The van der Waals surface area contributed by atoms with Gasteiger partial charge in [-0.1, -0.05) is 12.1 Å².